The van der Waals surface area contributed by atoms with Crippen molar-refractivity contribution in [3.8, 4) is 0 Å². The minimum Gasteiger partial charge on any atom is -0.323 e. The van der Waals surface area contributed by atoms with Gasteiger partial charge in [0, 0.05) is 24.6 Å². The maximum atomic E-state index is 13.7. The van der Waals surface area contributed by atoms with Crippen molar-refractivity contribution in [3.05, 3.63) is 59.9 Å². The van der Waals surface area contributed by atoms with E-state index < -0.39 is 15.8 Å². The normalized spacial score (nSPS) is 15.9. The number of benzene rings is 2. The van der Waals surface area contributed by atoms with Crippen LogP contribution in [0.3, 0.4) is 0 Å². The van der Waals surface area contributed by atoms with Crippen LogP contribution in [0.15, 0.2) is 53.4 Å². The fraction of sp³-hybridized carbons (Fsp3) is 0.300. The van der Waals surface area contributed by atoms with Gasteiger partial charge >= 0.3 is 0 Å². The van der Waals surface area contributed by atoms with Gasteiger partial charge in [0.05, 0.1) is 10.6 Å². The molecule has 0 aliphatic carbocycles. The Bertz CT molecular complexity index is 982. The highest BCUT2D eigenvalue weighted by molar-refractivity contribution is 7.89. The fourth-order valence-corrected chi connectivity index (χ4v) is 4.64. The second kappa shape index (κ2) is 8.20. The van der Waals surface area contributed by atoms with Crippen molar-refractivity contribution < 1.29 is 22.4 Å². The summed E-state index contributed by atoms with van der Waals surface area (Å²) in [6, 6.07) is 11.7. The van der Waals surface area contributed by atoms with Crippen LogP contribution in [0.1, 0.15) is 30.1 Å². The van der Waals surface area contributed by atoms with Gasteiger partial charge in [-0.05, 0) is 44.0 Å². The van der Waals surface area contributed by atoms with Gasteiger partial charge < -0.3 is 5.32 Å². The van der Waals surface area contributed by atoms with E-state index in [1.165, 1.54) is 53.7 Å². The molecule has 0 spiro atoms. The number of Topliss-reactive ketones (excluding diaryl/α,β-unsaturated/α-hetero) is 1. The van der Waals surface area contributed by atoms with Gasteiger partial charge in [0.15, 0.2) is 5.78 Å². The first-order valence-corrected chi connectivity index (χ1v) is 10.4. The Balaban J connectivity index is 1.63. The lowest BCUT2D eigenvalue weighted by Crippen LogP contribution is -2.41. The molecule has 2 aromatic rings. The van der Waals surface area contributed by atoms with Gasteiger partial charge in [-0.2, -0.15) is 4.31 Å². The predicted octanol–water partition coefficient (Wildman–Crippen LogP) is 3.07. The Morgan fingerprint density at radius 2 is 1.64 bits per heavy atom. The van der Waals surface area contributed by atoms with E-state index in [0.29, 0.717) is 18.4 Å². The third-order valence-corrected chi connectivity index (χ3v) is 6.77. The zero-order valence-electron chi connectivity index (χ0n) is 15.4. The molecule has 1 fully saturated rings. The van der Waals surface area contributed by atoms with Gasteiger partial charge in [-0.15, -0.1) is 0 Å². The number of hydrogen-bond acceptors (Lipinski definition) is 4. The number of nitrogens with one attached hydrogen (secondary N) is 1. The number of carbonyl (C=O) groups excluding carboxylic acids is 2. The highest BCUT2D eigenvalue weighted by Crippen LogP contribution is 2.25. The molecular formula is C20H21FN2O4S. The quantitative estimate of drug-likeness (QED) is 0.777. The van der Waals surface area contributed by atoms with Gasteiger partial charge in [0.1, 0.15) is 5.82 Å². The molecule has 1 amide bonds. The third-order valence-electron chi connectivity index (χ3n) is 4.86. The van der Waals surface area contributed by atoms with E-state index in [0.717, 1.165) is 0 Å². The van der Waals surface area contributed by atoms with Crippen LogP contribution in [-0.2, 0) is 14.8 Å². The number of anilines is 1. The molecule has 1 aliphatic heterocycles. The Kier molecular flexibility index (Phi) is 5.90. The smallest absolute Gasteiger partial charge is 0.243 e. The number of para-hydroxylation sites is 1. The minimum absolute atomic E-state index is 0.117. The first kappa shape index (κ1) is 20.2. The molecule has 1 saturated heterocycles. The lowest BCUT2D eigenvalue weighted by Gasteiger charge is -2.30. The van der Waals surface area contributed by atoms with Crippen LogP contribution in [0, 0.1) is 11.7 Å². The number of nitrogens with zero attached hydrogens (tertiary/aromatic N) is 1. The van der Waals surface area contributed by atoms with Crippen LogP contribution in [-0.4, -0.2) is 37.5 Å². The molecular weight excluding hydrogens is 383 g/mol. The molecule has 0 aromatic heterocycles. The van der Waals surface area contributed by atoms with E-state index >= 15 is 0 Å². The average molecular weight is 404 g/mol. The summed E-state index contributed by atoms with van der Waals surface area (Å²) in [5, 5.41) is 2.57. The number of sulfonamides is 1. The topological polar surface area (TPSA) is 83.6 Å². The molecule has 1 aliphatic rings. The summed E-state index contributed by atoms with van der Waals surface area (Å²) in [6.07, 6.45) is 0.704. The first-order chi connectivity index (χ1) is 13.3. The molecule has 0 atom stereocenters. The van der Waals surface area contributed by atoms with Gasteiger partial charge in [0.25, 0.3) is 0 Å². The zero-order valence-corrected chi connectivity index (χ0v) is 16.2. The Hall–Kier alpha value is -2.58. The molecule has 28 heavy (non-hydrogen) atoms. The van der Waals surface area contributed by atoms with Gasteiger partial charge in [-0.3, -0.25) is 9.59 Å². The van der Waals surface area contributed by atoms with E-state index in [2.05, 4.69) is 5.32 Å². The van der Waals surface area contributed by atoms with Crippen molar-refractivity contribution in [1.82, 2.24) is 4.31 Å². The van der Waals surface area contributed by atoms with Crippen molar-refractivity contribution >= 4 is 27.4 Å². The second-order valence-electron chi connectivity index (χ2n) is 6.73. The molecule has 1 N–H and O–H groups in total. The largest absolute Gasteiger partial charge is 0.323 e. The van der Waals surface area contributed by atoms with E-state index in [-0.39, 0.29) is 41.3 Å². The fourth-order valence-electron chi connectivity index (χ4n) is 3.17. The molecule has 0 radical (unpaired) electrons. The van der Waals surface area contributed by atoms with E-state index in [1.807, 2.05) is 0 Å². The van der Waals surface area contributed by atoms with Gasteiger partial charge in [-0.1, -0.05) is 24.3 Å². The summed E-state index contributed by atoms with van der Waals surface area (Å²) >= 11 is 0. The van der Waals surface area contributed by atoms with E-state index in [4.69, 9.17) is 0 Å². The number of rotatable bonds is 5. The van der Waals surface area contributed by atoms with Crippen molar-refractivity contribution in [3.63, 3.8) is 0 Å². The molecule has 148 valence electrons. The molecule has 1 heterocycles. The summed E-state index contributed by atoms with van der Waals surface area (Å²) in [5.41, 5.74) is 0.565. The monoisotopic (exact) mass is 404 g/mol. The van der Waals surface area contributed by atoms with Crippen molar-refractivity contribution in [2.75, 3.05) is 18.4 Å². The summed E-state index contributed by atoms with van der Waals surface area (Å²) in [7, 11) is -3.69. The van der Waals surface area contributed by atoms with Crippen molar-refractivity contribution in [2.24, 2.45) is 5.92 Å². The van der Waals surface area contributed by atoms with E-state index in [9.17, 15) is 22.4 Å². The molecule has 0 unspecified atom stereocenters. The van der Waals surface area contributed by atoms with Gasteiger partial charge in [0.2, 0.25) is 15.9 Å². The maximum absolute atomic E-state index is 13.7. The standard InChI is InChI=1S/C20H21FN2O4S/c1-14(24)15-6-8-17(9-7-15)28(26,27)23-12-10-16(11-13-23)20(25)22-19-5-3-2-4-18(19)21/h2-9,16H,10-13H2,1H3,(H,22,25). The number of carbonyl (C=O) groups is 2. The number of ketones is 1. The van der Waals surface area contributed by atoms with Gasteiger partial charge in [-0.25, -0.2) is 12.8 Å². The number of halogens is 1. The van der Waals surface area contributed by atoms with Crippen LogP contribution in [0.2, 0.25) is 0 Å². The average Bonchev–Trinajstić information content (AvgIpc) is 2.70. The van der Waals surface area contributed by atoms with Crippen LogP contribution in [0.4, 0.5) is 10.1 Å². The SMILES string of the molecule is CC(=O)c1ccc(S(=O)(=O)N2CCC(C(=O)Nc3ccccc3F)CC2)cc1. The highest BCUT2D eigenvalue weighted by Gasteiger charge is 2.32. The number of piperidine rings is 1. The van der Waals surface area contributed by atoms with Crippen molar-refractivity contribution in [2.45, 2.75) is 24.7 Å². The summed E-state index contributed by atoms with van der Waals surface area (Å²) < 4.78 is 40.6. The molecule has 0 saturated carbocycles. The molecule has 0 bridgehead atoms. The Labute approximate surface area is 163 Å². The number of amides is 1. The number of hydrogen-bond donors (Lipinski definition) is 1. The van der Waals surface area contributed by atoms with E-state index in [1.54, 1.807) is 6.07 Å². The summed E-state index contributed by atoms with van der Waals surface area (Å²) in [6.45, 7) is 1.82. The van der Waals surface area contributed by atoms with Crippen LogP contribution >= 0.6 is 0 Å². The summed E-state index contributed by atoms with van der Waals surface area (Å²) in [5.74, 6) is -1.34. The zero-order chi connectivity index (χ0) is 20.3. The van der Waals surface area contributed by atoms with Crippen molar-refractivity contribution in [1.29, 1.82) is 0 Å². The second-order valence-corrected chi connectivity index (χ2v) is 8.67. The Morgan fingerprint density at radius 3 is 2.21 bits per heavy atom. The predicted molar refractivity (Wildman–Crippen MR) is 103 cm³/mol. The maximum Gasteiger partial charge on any atom is 0.243 e. The highest BCUT2D eigenvalue weighted by atomic mass is 32.2. The molecule has 6 nitrogen and oxygen atoms in total. The van der Waals surface area contributed by atoms with Crippen LogP contribution in [0.25, 0.3) is 0 Å². The molecule has 3 rings (SSSR count). The summed E-state index contributed by atoms with van der Waals surface area (Å²) in [4.78, 5) is 23.8. The lowest BCUT2D eigenvalue weighted by atomic mass is 9.97. The molecule has 8 heteroatoms. The molecule has 2 aromatic carbocycles. The lowest BCUT2D eigenvalue weighted by molar-refractivity contribution is -0.120. The van der Waals surface area contributed by atoms with Crippen LogP contribution in [0.5, 0.6) is 0 Å². The Morgan fingerprint density at radius 1 is 1.04 bits per heavy atom. The third kappa shape index (κ3) is 4.28. The van der Waals surface area contributed by atoms with Crippen LogP contribution < -0.4 is 5.32 Å². The first-order valence-electron chi connectivity index (χ1n) is 8.95. The minimum atomic E-state index is -3.69.